The molecule has 0 aromatic rings. The highest BCUT2D eigenvalue weighted by Gasteiger charge is 2.51. The largest absolute Gasteiger partial charge is 0.396 e. The van der Waals surface area contributed by atoms with Gasteiger partial charge in [0, 0.05) is 12.9 Å². The van der Waals surface area contributed by atoms with Crippen molar-refractivity contribution >= 4 is 9.84 Å². The molecule has 0 spiro atoms. The third kappa shape index (κ3) is 1.68. The van der Waals surface area contributed by atoms with Crippen LogP contribution in [-0.2, 0) is 9.84 Å². The fraction of sp³-hybridized carbons (Fsp3) is 1.00. The van der Waals surface area contributed by atoms with E-state index < -0.39 is 14.6 Å². The van der Waals surface area contributed by atoms with Crippen LogP contribution in [0.1, 0.15) is 19.8 Å². The van der Waals surface area contributed by atoms with Gasteiger partial charge in [-0.2, -0.15) is 0 Å². The predicted octanol–water partition coefficient (Wildman–Crippen LogP) is -0.200. The van der Waals surface area contributed by atoms with Gasteiger partial charge < -0.3 is 10.2 Å². The highest BCUT2D eigenvalue weighted by Crippen LogP contribution is 2.44. The van der Waals surface area contributed by atoms with Crippen LogP contribution in [0.5, 0.6) is 0 Å². The summed E-state index contributed by atoms with van der Waals surface area (Å²) in [6.07, 6.45) is 2.21. The van der Waals surface area contributed by atoms with E-state index in [1.165, 1.54) is 6.26 Å². The molecule has 0 bridgehead atoms. The van der Waals surface area contributed by atoms with Crippen LogP contribution in [0, 0.1) is 11.8 Å². The molecular weight excluding hydrogens is 204 g/mol. The van der Waals surface area contributed by atoms with Gasteiger partial charge in [0.25, 0.3) is 0 Å². The molecule has 0 aromatic heterocycles. The molecule has 3 atom stereocenters. The van der Waals surface area contributed by atoms with Gasteiger partial charge in [0.15, 0.2) is 9.84 Å². The summed E-state index contributed by atoms with van der Waals surface area (Å²) >= 11 is 0. The fourth-order valence-electron chi connectivity index (χ4n) is 2.48. The van der Waals surface area contributed by atoms with E-state index >= 15 is 0 Å². The van der Waals surface area contributed by atoms with Gasteiger partial charge >= 0.3 is 0 Å². The summed E-state index contributed by atoms with van der Waals surface area (Å²) in [4.78, 5) is 0. The second-order valence-corrected chi connectivity index (χ2v) is 6.74. The average Bonchev–Trinajstić information content (AvgIpc) is 2.42. The molecular formula is C9H18O4S. The van der Waals surface area contributed by atoms with Crippen molar-refractivity contribution in [3.63, 3.8) is 0 Å². The fourth-order valence-corrected chi connectivity index (χ4v) is 4.08. The molecule has 5 heteroatoms. The third-order valence-electron chi connectivity index (χ3n) is 3.48. The topological polar surface area (TPSA) is 74.6 Å². The second-order valence-electron chi connectivity index (χ2n) is 4.38. The van der Waals surface area contributed by atoms with Gasteiger partial charge in [-0.15, -0.1) is 0 Å². The van der Waals surface area contributed by atoms with Crippen LogP contribution in [0.15, 0.2) is 0 Å². The van der Waals surface area contributed by atoms with E-state index in [0.717, 1.165) is 0 Å². The number of rotatable bonds is 3. The third-order valence-corrected chi connectivity index (χ3v) is 5.66. The second kappa shape index (κ2) is 3.79. The molecule has 0 aromatic carbocycles. The zero-order chi connectivity index (χ0) is 11.0. The molecule has 0 radical (unpaired) electrons. The highest BCUT2D eigenvalue weighted by molar-refractivity contribution is 7.92. The smallest absolute Gasteiger partial charge is 0.155 e. The Balaban J connectivity index is 3.03. The monoisotopic (exact) mass is 222 g/mol. The maximum absolute atomic E-state index is 11.6. The number of sulfone groups is 1. The Hall–Kier alpha value is -0.130. The Kier molecular flexibility index (Phi) is 3.23. The molecule has 14 heavy (non-hydrogen) atoms. The summed E-state index contributed by atoms with van der Waals surface area (Å²) in [5.74, 6) is -0.0773. The minimum absolute atomic E-state index is 0.00160. The lowest BCUT2D eigenvalue weighted by Gasteiger charge is -2.29. The van der Waals surface area contributed by atoms with Crippen molar-refractivity contribution in [2.24, 2.45) is 11.8 Å². The lowest BCUT2D eigenvalue weighted by molar-refractivity contribution is 0.205. The molecule has 84 valence electrons. The van der Waals surface area contributed by atoms with Crippen LogP contribution in [0.25, 0.3) is 0 Å². The molecule has 1 aliphatic carbocycles. The number of aliphatic hydroxyl groups is 2. The lowest BCUT2D eigenvalue weighted by Crippen LogP contribution is -2.44. The lowest BCUT2D eigenvalue weighted by atomic mass is 9.98. The first-order valence-electron chi connectivity index (χ1n) is 4.78. The van der Waals surface area contributed by atoms with Gasteiger partial charge in [-0.3, -0.25) is 0 Å². The van der Waals surface area contributed by atoms with Crippen LogP contribution >= 0.6 is 0 Å². The van der Waals surface area contributed by atoms with Crippen molar-refractivity contribution in [1.29, 1.82) is 0 Å². The van der Waals surface area contributed by atoms with E-state index in [-0.39, 0.29) is 25.0 Å². The SMILES string of the molecule is C[C@@H]1C[C@H](CO)C[C@@]1(CO)S(C)(=O)=O. The van der Waals surface area contributed by atoms with Crippen LogP contribution < -0.4 is 0 Å². The van der Waals surface area contributed by atoms with Crippen LogP contribution in [0.2, 0.25) is 0 Å². The zero-order valence-electron chi connectivity index (χ0n) is 8.60. The van der Waals surface area contributed by atoms with E-state index in [4.69, 9.17) is 5.11 Å². The molecule has 4 nitrogen and oxygen atoms in total. The van der Waals surface area contributed by atoms with Crippen LogP contribution in [-0.4, -0.2) is 42.8 Å². The van der Waals surface area contributed by atoms with Gasteiger partial charge in [0.05, 0.1) is 11.4 Å². The molecule has 1 aliphatic rings. The summed E-state index contributed by atoms with van der Waals surface area (Å²) in [6, 6.07) is 0. The predicted molar refractivity (Wildman–Crippen MR) is 53.6 cm³/mol. The van der Waals surface area contributed by atoms with Gasteiger partial charge in [0.2, 0.25) is 0 Å². The minimum atomic E-state index is -3.27. The van der Waals surface area contributed by atoms with Gasteiger partial charge in [-0.25, -0.2) is 8.42 Å². The van der Waals surface area contributed by atoms with E-state index in [1.54, 1.807) is 0 Å². The molecule has 1 rings (SSSR count). The van der Waals surface area contributed by atoms with Crippen molar-refractivity contribution in [2.45, 2.75) is 24.5 Å². The van der Waals surface area contributed by atoms with E-state index in [0.29, 0.717) is 12.8 Å². The first-order chi connectivity index (χ1) is 6.37. The molecule has 1 saturated carbocycles. The Morgan fingerprint density at radius 2 is 2.00 bits per heavy atom. The maximum atomic E-state index is 11.6. The normalized spacial score (nSPS) is 38.9. The molecule has 0 amide bonds. The van der Waals surface area contributed by atoms with E-state index in [9.17, 15) is 13.5 Å². The van der Waals surface area contributed by atoms with Gasteiger partial charge in [0.1, 0.15) is 0 Å². The molecule has 2 N–H and O–H groups in total. The van der Waals surface area contributed by atoms with Gasteiger partial charge in [-0.05, 0) is 24.7 Å². The summed E-state index contributed by atoms with van der Waals surface area (Å²) in [6.45, 7) is 1.48. The summed E-state index contributed by atoms with van der Waals surface area (Å²) in [5.41, 5.74) is 0. The zero-order valence-corrected chi connectivity index (χ0v) is 9.42. The number of aliphatic hydroxyl groups excluding tert-OH is 2. The van der Waals surface area contributed by atoms with E-state index in [1.807, 2.05) is 6.92 Å². The minimum Gasteiger partial charge on any atom is -0.396 e. The Bertz CT molecular complexity index is 298. The first-order valence-corrected chi connectivity index (χ1v) is 6.68. The molecule has 0 heterocycles. The van der Waals surface area contributed by atoms with Crippen molar-refractivity contribution in [1.82, 2.24) is 0 Å². The standard InChI is InChI=1S/C9H18O4S/c1-7-3-8(5-10)4-9(7,6-11)14(2,12)13/h7-8,10-11H,3-6H2,1-2H3/t7-,8+,9+/m1/s1. The molecule has 1 fully saturated rings. The summed E-state index contributed by atoms with van der Waals surface area (Å²) < 4.78 is 22.2. The van der Waals surface area contributed by atoms with Crippen molar-refractivity contribution in [3.05, 3.63) is 0 Å². The van der Waals surface area contributed by atoms with Crippen molar-refractivity contribution in [2.75, 3.05) is 19.5 Å². The highest BCUT2D eigenvalue weighted by atomic mass is 32.2. The molecule has 0 aliphatic heterocycles. The van der Waals surface area contributed by atoms with Crippen molar-refractivity contribution in [3.8, 4) is 0 Å². The Labute approximate surface area is 84.9 Å². The van der Waals surface area contributed by atoms with E-state index in [2.05, 4.69) is 0 Å². The quantitative estimate of drug-likeness (QED) is 0.693. The van der Waals surface area contributed by atoms with Crippen LogP contribution in [0.3, 0.4) is 0 Å². The number of hydrogen-bond donors (Lipinski definition) is 2. The molecule has 0 unspecified atom stereocenters. The Morgan fingerprint density at radius 3 is 2.21 bits per heavy atom. The first kappa shape index (κ1) is 11.9. The summed E-state index contributed by atoms with van der Waals surface area (Å²) in [5, 5.41) is 18.3. The number of hydrogen-bond acceptors (Lipinski definition) is 4. The Morgan fingerprint density at radius 1 is 1.43 bits per heavy atom. The maximum Gasteiger partial charge on any atom is 0.155 e. The molecule has 0 saturated heterocycles. The van der Waals surface area contributed by atoms with Crippen LogP contribution in [0.4, 0.5) is 0 Å². The van der Waals surface area contributed by atoms with Gasteiger partial charge in [-0.1, -0.05) is 6.92 Å². The average molecular weight is 222 g/mol. The van der Waals surface area contributed by atoms with Crippen molar-refractivity contribution < 1.29 is 18.6 Å². The summed E-state index contributed by atoms with van der Waals surface area (Å²) in [7, 11) is -3.27.